The molecule has 0 bridgehead atoms. The molecular weight excluding hydrogens is 287 g/mol. The number of hydrogen-bond donors (Lipinski definition) is 0. The van der Waals surface area contributed by atoms with E-state index >= 15 is 0 Å². The maximum Gasteiger partial charge on any atom is 0.166 e. The molecule has 1 heterocycles. The Balaban J connectivity index is 2.05. The van der Waals surface area contributed by atoms with Crippen LogP contribution in [-0.2, 0) is 4.74 Å². The van der Waals surface area contributed by atoms with Gasteiger partial charge in [0, 0.05) is 24.1 Å². The molecule has 0 aromatic heterocycles. The normalized spacial score (nSPS) is 17.1. The van der Waals surface area contributed by atoms with E-state index in [0.717, 1.165) is 17.3 Å². The number of ketones is 1. The van der Waals surface area contributed by atoms with Crippen LogP contribution >= 0.6 is 15.9 Å². The average Bonchev–Trinajstić information content (AvgIpc) is 2.33. The minimum atomic E-state index is -0.440. The highest BCUT2D eigenvalue weighted by Gasteiger charge is 2.20. The van der Waals surface area contributed by atoms with Crippen LogP contribution in [0, 0.1) is 11.7 Å². The van der Waals surface area contributed by atoms with E-state index < -0.39 is 5.82 Å². The molecule has 0 atom stereocenters. The molecule has 4 heteroatoms. The van der Waals surface area contributed by atoms with Crippen molar-refractivity contribution in [2.45, 2.75) is 19.3 Å². The van der Waals surface area contributed by atoms with Gasteiger partial charge in [0.2, 0.25) is 0 Å². The van der Waals surface area contributed by atoms with Crippen LogP contribution in [0.25, 0.3) is 0 Å². The zero-order valence-electron chi connectivity index (χ0n) is 9.42. The number of Topliss-reactive ketones (excluding diaryl/α,β-unsaturated/α-hetero) is 1. The molecule has 1 saturated heterocycles. The van der Waals surface area contributed by atoms with E-state index in [9.17, 15) is 9.18 Å². The van der Waals surface area contributed by atoms with Crippen LogP contribution in [0.1, 0.15) is 29.6 Å². The highest BCUT2D eigenvalue weighted by atomic mass is 79.9. The van der Waals surface area contributed by atoms with Gasteiger partial charge < -0.3 is 4.74 Å². The summed E-state index contributed by atoms with van der Waals surface area (Å²) in [6.07, 6.45) is 2.19. The third-order valence-corrected chi connectivity index (χ3v) is 3.54. The van der Waals surface area contributed by atoms with Gasteiger partial charge in [0.15, 0.2) is 5.78 Å². The van der Waals surface area contributed by atoms with Crippen molar-refractivity contribution in [1.29, 1.82) is 0 Å². The first-order valence-corrected chi connectivity index (χ1v) is 6.52. The smallest absolute Gasteiger partial charge is 0.166 e. The van der Waals surface area contributed by atoms with Crippen molar-refractivity contribution in [3.63, 3.8) is 0 Å². The van der Waals surface area contributed by atoms with E-state index in [2.05, 4.69) is 15.9 Å². The molecule has 1 aromatic carbocycles. The Morgan fingerprint density at radius 1 is 1.41 bits per heavy atom. The molecule has 1 fully saturated rings. The SMILES string of the molecule is O=C(CC1CCOCC1)c1cc(Br)ccc1F. The van der Waals surface area contributed by atoms with E-state index in [0.29, 0.717) is 25.6 Å². The Kier molecular flexibility index (Phi) is 4.29. The lowest BCUT2D eigenvalue weighted by Crippen LogP contribution is -2.19. The standard InChI is InChI=1S/C13H14BrFO2/c14-10-1-2-12(15)11(8-10)13(16)7-9-3-5-17-6-4-9/h1-2,8-9H,3-7H2. The van der Waals surface area contributed by atoms with E-state index in [1.54, 1.807) is 12.1 Å². The Hall–Kier alpha value is -0.740. The summed E-state index contributed by atoms with van der Waals surface area (Å²) in [5.41, 5.74) is 0.186. The quantitative estimate of drug-likeness (QED) is 0.798. The molecule has 92 valence electrons. The van der Waals surface area contributed by atoms with Gasteiger partial charge in [-0.15, -0.1) is 0 Å². The Morgan fingerprint density at radius 3 is 2.82 bits per heavy atom. The lowest BCUT2D eigenvalue weighted by atomic mass is 9.92. The third-order valence-electron chi connectivity index (χ3n) is 3.04. The minimum Gasteiger partial charge on any atom is -0.381 e. The summed E-state index contributed by atoms with van der Waals surface area (Å²) in [7, 11) is 0. The molecule has 2 rings (SSSR count). The van der Waals surface area contributed by atoms with Crippen molar-refractivity contribution in [3.8, 4) is 0 Å². The maximum atomic E-state index is 13.5. The van der Waals surface area contributed by atoms with Crippen LogP contribution < -0.4 is 0 Å². The Morgan fingerprint density at radius 2 is 2.12 bits per heavy atom. The van der Waals surface area contributed by atoms with Crippen LogP contribution in [0.4, 0.5) is 4.39 Å². The lowest BCUT2D eigenvalue weighted by Gasteiger charge is -2.21. The van der Waals surface area contributed by atoms with Gasteiger partial charge >= 0.3 is 0 Å². The highest BCUT2D eigenvalue weighted by Crippen LogP contribution is 2.23. The molecule has 0 saturated carbocycles. The molecule has 1 aromatic rings. The summed E-state index contributed by atoms with van der Waals surface area (Å²) in [4.78, 5) is 12.0. The van der Waals surface area contributed by atoms with Gasteiger partial charge in [-0.3, -0.25) is 4.79 Å². The van der Waals surface area contributed by atoms with Crippen LogP contribution in [0.5, 0.6) is 0 Å². The molecule has 0 unspecified atom stereocenters. The first kappa shape index (κ1) is 12.7. The number of benzene rings is 1. The lowest BCUT2D eigenvalue weighted by molar-refractivity contribution is 0.0600. The van der Waals surface area contributed by atoms with Gasteiger partial charge in [0.25, 0.3) is 0 Å². The number of carbonyl (C=O) groups is 1. The van der Waals surface area contributed by atoms with Crippen LogP contribution in [0.3, 0.4) is 0 Å². The highest BCUT2D eigenvalue weighted by molar-refractivity contribution is 9.10. The second-order valence-corrected chi connectivity index (χ2v) is 5.22. The van der Waals surface area contributed by atoms with Gasteiger partial charge in [-0.25, -0.2) is 4.39 Å². The fraction of sp³-hybridized carbons (Fsp3) is 0.462. The molecule has 0 spiro atoms. The Labute approximate surface area is 108 Å². The van der Waals surface area contributed by atoms with Crippen molar-refractivity contribution in [1.82, 2.24) is 0 Å². The van der Waals surface area contributed by atoms with Crippen LogP contribution in [0.2, 0.25) is 0 Å². The summed E-state index contributed by atoms with van der Waals surface area (Å²) in [5, 5.41) is 0. The monoisotopic (exact) mass is 300 g/mol. The largest absolute Gasteiger partial charge is 0.381 e. The van der Waals surface area contributed by atoms with Gasteiger partial charge in [-0.1, -0.05) is 15.9 Å². The second-order valence-electron chi connectivity index (χ2n) is 4.31. The molecule has 0 N–H and O–H groups in total. The number of halogens is 2. The van der Waals surface area contributed by atoms with E-state index in [1.165, 1.54) is 6.07 Å². The van der Waals surface area contributed by atoms with Crippen molar-refractivity contribution >= 4 is 21.7 Å². The van der Waals surface area contributed by atoms with Gasteiger partial charge in [-0.2, -0.15) is 0 Å². The van der Waals surface area contributed by atoms with Gasteiger partial charge in [0.05, 0.1) is 5.56 Å². The molecular formula is C13H14BrFO2. The van der Waals surface area contributed by atoms with Gasteiger partial charge in [-0.05, 0) is 37.0 Å². The summed E-state index contributed by atoms with van der Waals surface area (Å²) in [6, 6.07) is 4.47. The van der Waals surface area contributed by atoms with Crippen LogP contribution in [-0.4, -0.2) is 19.0 Å². The van der Waals surface area contributed by atoms with E-state index in [-0.39, 0.29) is 11.3 Å². The summed E-state index contributed by atoms with van der Waals surface area (Å²) < 4.78 is 19.5. The van der Waals surface area contributed by atoms with Crippen molar-refractivity contribution in [3.05, 3.63) is 34.1 Å². The van der Waals surface area contributed by atoms with Gasteiger partial charge in [0.1, 0.15) is 5.82 Å². The first-order chi connectivity index (χ1) is 8.16. The molecule has 2 nitrogen and oxygen atoms in total. The van der Waals surface area contributed by atoms with Crippen LogP contribution in [0.15, 0.2) is 22.7 Å². The Bertz CT molecular complexity index is 414. The topological polar surface area (TPSA) is 26.3 Å². The molecule has 0 radical (unpaired) electrons. The zero-order valence-corrected chi connectivity index (χ0v) is 11.0. The number of ether oxygens (including phenoxy) is 1. The number of hydrogen-bond acceptors (Lipinski definition) is 2. The third kappa shape index (κ3) is 3.36. The average molecular weight is 301 g/mol. The molecule has 17 heavy (non-hydrogen) atoms. The van der Waals surface area contributed by atoms with Crippen molar-refractivity contribution in [2.75, 3.05) is 13.2 Å². The number of carbonyl (C=O) groups excluding carboxylic acids is 1. The fourth-order valence-electron chi connectivity index (χ4n) is 2.03. The fourth-order valence-corrected chi connectivity index (χ4v) is 2.39. The molecule has 1 aliphatic heterocycles. The summed E-state index contributed by atoms with van der Waals surface area (Å²) >= 11 is 3.25. The van der Waals surface area contributed by atoms with E-state index in [1.807, 2.05) is 0 Å². The molecule has 0 aliphatic carbocycles. The van der Waals surface area contributed by atoms with Crippen molar-refractivity contribution < 1.29 is 13.9 Å². The zero-order chi connectivity index (χ0) is 12.3. The molecule has 0 amide bonds. The minimum absolute atomic E-state index is 0.115. The predicted octanol–water partition coefficient (Wildman–Crippen LogP) is 3.59. The predicted molar refractivity (Wildman–Crippen MR) is 66.6 cm³/mol. The first-order valence-electron chi connectivity index (χ1n) is 5.73. The summed E-state index contributed by atoms with van der Waals surface area (Å²) in [6.45, 7) is 1.41. The second kappa shape index (κ2) is 5.74. The van der Waals surface area contributed by atoms with E-state index in [4.69, 9.17) is 4.74 Å². The maximum absolute atomic E-state index is 13.5. The number of rotatable bonds is 3. The molecule has 1 aliphatic rings. The van der Waals surface area contributed by atoms with Crippen molar-refractivity contribution in [2.24, 2.45) is 5.92 Å². The summed E-state index contributed by atoms with van der Waals surface area (Å²) in [5.74, 6) is -0.226.